The Kier molecular flexibility index (Phi) is 8.98. The number of rotatable bonds is 12. The Balaban J connectivity index is 1.76. The Hall–Kier alpha value is -2.74. The van der Waals surface area contributed by atoms with Gasteiger partial charge in [0.25, 0.3) is 0 Å². The molecule has 0 fully saturated rings. The number of carbonyl (C=O) groups is 1. The van der Waals surface area contributed by atoms with Crippen molar-refractivity contribution < 1.29 is 22.7 Å². The zero-order valence-electron chi connectivity index (χ0n) is 17.8. The molecule has 0 aliphatic rings. The summed E-state index contributed by atoms with van der Waals surface area (Å²) in [6.45, 7) is 5.40. The van der Waals surface area contributed by atoms with Crippen LogP contribution in [0, 0.1) is 6.92 Å². The highest BCUT2D eigenvalue weighted by atomic mass is 32.2. The van der Waals surface area contributed by atoms with Gasteiger partial charge in [-0.15, -0.1) is 0 Å². The second-order valence-corrected chi connectivity index (χ2v) is 8.79. The van der Waals surface area contributed by atoms with Gasteiger partial charge in [-0.05, 0) is 62.2 Å². The molecule has 30 heavy (non-hydrogen) atoms. The second-order valence-electron chi connectivity index (χ2n) is 6.88. The first-order chi connectivity index (χ1) is 14.3. The Morgan fingerprint density at radius 2 is 1.80 bits per heavy atom. The SMILES string of the molecule is CCOc1ccc(N(CCCC(=O)NCCOc2cccc(C)c2)S(C)(=O)=O)cc1. The first kappa shape index (κ1) is 23.5. The van der Waals surface area contributed by atoms with Gasteiger partial charge in [-0.1, -0.05) is 12.1 Å². The van der Waals surface area contributed by atoms with Gasteiger partial charge in [-0.3, -0.25) is 9.10 Å². The molecule has 164 valence electrons. The minimum absolute atomic E-state index is 0.136. The van der Waals surface area contributed by atoms with E-state index in [1.165, 1.54) is 4.31 Å². The molecular formula is C22H30N2O5S. The third kappa shape index (κ3) is 7.94. The second kappa shape index (κ2) is 11.4. The van der Waals surface area contributed by atoms with Gasteiger partial charge in [0.1, 0.15) is 18.1 Å². The molecule has 0 aliphatic heterocycles. The van der Waals surface area contributed by atoms with Crippen LogP contribution in [0.3, 0.4) is 0 Å². The van der Waals surface area contributed by atoms with Gasteiger partial charge < -0.3 is 14.8 Å². The van der Waals surface area contributed by atoms with E-state index in [-0.39, 0.29) is 18.9 Å². The van der Waals surface area contributed by atoms with Crippen LogP contribution in [0.4, 0.5) is 5.69 Å². The molecule has 1 amide bonds. The lowest BCUT2D eigenvalue weighted by atomic mass is 10.2. The van der Waals surface area contributed by atoms with Gasteiger partial charge in [0, 0.05) is 13.0 Å². The maximum atomic E-state index is 12.2. The summed E-state index contributed by atoms with van der Waals surface area (Å²) < 4.78 is 36.6. The third-order valence-electron chi connectivity index (χ3n) is 4.28. The summed E-state index contributed by atoms with van der Waals surface area (Å²) in [6, 6.07) is 14.6. The van der Waals surface area contributed by atoms with Crippen LogP contribution in [-0.2, 0) is 14.8 Å². The summed E-state index contributed by atoms with van der Waals surface area (Å²) in [7, 11) is -3.46. The number of aryl methyl sites for hydroxylation is 1. The number of hydrogen-bond acceptors (Lipinski definition) is 5. The summed E-state index contributed by atoms with van der Waals surface area (Å²) in [5, 5.41) is 2.79. The van der Waals surface area contributed by atoms with Gasteiger partial charge >= 0.3 is 0 Å². The lowest BCUT2D eigenvalue weighted by Gasteiger charge is -2.22. The number of sulfonamides is 1. The van der Waals surface area contributed by atoms with Crippen LogP contribution in [0.5, 0.6) is 11.5 Å². The molecule has 0 bridgehead atoms. The fourth-order valence-electron chi connectivity index (χ4n) is 2.90. The number of benzene rings is 2. The quantitative estimate of drug-likeness (QED) is 0.519. The molecule has 0 saturated heterocycles. The summed E-state index contributed by atoms with van der Waals surface area (Å²) in [5.41, 5.74) is 1.66. The molecule has 2 aromatic carbocycles. The van der Waals surface area contributed by atoms with Crippen LogP contribution >= 0.6 is 0 Å². The van der Waals surface area contributed by atoms with E-state index in [0.29, 0.717) is 37.6 Å². The Bertz CT molecular complexity index is 913. The molecular weight excluding hydrogens is 404 g/mol. The third-order valence-corrected chi connectivity index (χ3v) is 5.48. The van der Waals surface area contributed by atoms with Gasteiger partial charge in [0.15, 0.2) is 0 Å². The molecule has 8 heteroatoms. The number of amides is 1. The van der Waals surface area contributed by atoms with E-state index in [0.717, 1.165) is 17.6 Å². The molecule has 0 aliphatic carbocycles. The van der Waals surface area contributed by atoms with Crippen molar-refractivity contribution in [3.8, 4) is 11.5 Å². The molecule has 0 saturated carbocycles. The van der Waals surface area contributed by atoms with Crippen molar-refractivity contribution in [2.75, 3.05) is 36.9 Å². The molecule has 0 atom stereocenters. The first-order valence-corrected chi connectivity index (χ1v) is 11.8. The van der Waals surface area contributed by atoms with Gasteiger partial charge in [-0.2, -0.15) is 0 Å². The molecule has 0 unspecified atom stereocenters. The highest BCUT2D eigenvalue weighted by Crippen LogP contribution is 2.22. The van der Waals surface area contributed by atoms with Crippen molar-refractivity contribution >= 4 is 21.6 Å². The predicted molar refractivity (Wildman–Crippen MR) is 119 cm³/mol. The summed E-state index contributed by atoms with van der Waals surface area (Å²) in [6.07, 6.45) is 1.80. The fraction of sp³-hybridized carbons (Fsp3) is 0.409. The highest BCUT2D eigenvalue weighted by molar-refractivity contribution is 7.92. The van der Waals surface area contributed by atoms with E-state index in [2.05, 4.69) is 5.32 Å². The van der Waals surface area contributed by atoms with E-state index in [9.17, 15) is 13.2 Å². The lowest BCUT2D eigenvalue weighted by molar-refractivity contribution is -0.121. The fourth-order valence-corrected chi connectivity index (χ4v) is 3.86. The number of anilines is 1. The average Bonchev–Trinajstić information content (AvgIpc) is 2.69. The standard InChI is InChI=1S/C22H30N2O5S/c1-4-28-20-12-10-19(11-13-20)24(30(3,26)27)15-6-9-22(25)23-14-16-29-21-8-5-7-18(2)17-21/h5,7-8,10-13,17H,4,6,9,14-16H2,1-3H3,(H,23,25). The molecule has 0 radical (unpaired) electrons. The van der Waals surface area contributed by atoms with Crippen molar-refractivity contribution in [1.82, 2.24) is 5.32 Å². The molecule has 2 aromatic rings. The van der Waals surface area contributed by atoms with Crippen molar-refractivity contribution in [3.63, 3.8) is 0 Å². The smallest absolute Gasteiger partial charge is 0.232 e. The number of nitrogens with zero attached hydrogens (tertiary/aromatic N) is 1. The molecule has 7 nitrogen and oxygen atoms in total. The number of carbonyl (C=O) groups excluding carboxylic acids is 1. The minimum atomic E-state index is -3.46. The van der Waals surface area contributed by atoms with E-state index in [4.69, 9.17) is 9.47 Å². The predicted octanol–water partition coefficient (Wildman–Crippen LogP) is 3.14. The zero-order valence-corrected chi connectivity index (χ0v) is 18.6. The Morgan fingerprint density at radius 1 is 1.07 bits per heavy atom. The van der Waals surface area contributed by atoms with Crippen LogP contribution in [-0.4, -0.2) is 46.9 Å². The van der Waals surface area contributed by atoms with Crippen molar-refractivity contribution in [2.45, 2.75) is 26.7 Å². The Labute approximate surface area is 179 Å². The van der Waals surface area contributed by atoms with E-state index in [1.807, 2.05) is 38.1 Å². The van der Waals surface area contributed by atoms with Crippen molar-refractivity contribution in [2.24, 2.45) is 0 Å². The molecule has 0 spiro atoms. The Morgan fingerprint density at radius 3 is 2.43 bits per heavy atom. The number of ether oxygens (including phenoxy) is 2. The van der Waals surface area contributed by atoms with Crippen LogP contribution in [0.1, 0.15) is 25.3 Å². The van der Waals surface area contributed by atoms with Gasteiger partial charge in [0.2, 0.25) is 15.9 Å². The largest absolute Gasteiger partial charge is 0.494 e. The summed E-state index contributed by atoms with van der Waals surface area (Å²) in [4.78, 5) is 12.0. The first-order valence-electron chi connectivity index (χ1n) is 9.96. The van der Waals surface area contributed by atoms with Gasteiger partial charge in [-0.25, -0.2) is 8.42 Å². The highest BCUT2D eigenvalue weighted by Gasteiger charge is 2.17. The monoisotopic (exact) mass is 434 g/mol. The minimum Gasteiger partial charge on any atom is -0.494 e. The normalized spacial score (nSPS) is 11.0. The average molecular weight is 435 g/mol. The van der Waals surface area contributed by atoms with E-state index in [1.54, 1.807) is 24.3 Å². The van der Waals surface area contributed by atoms with Crippen LogP contribution < -0.4 is 19.1 Å². The molecule has 0 aromatic heterocycles. The molecule has 2 rings (SSSR count). The molecule has 0 heterocycles. The van der Waals surface area contributed by atoms with E-state index >= 15 is 0 Å². The van der Waals surface area contributed by atoms with Gasteiger partial charge in [0.05, 0.1) is 25.1 Å². The maximum absolute atomic E-state index is 12.2. The van der Waals surface area contributed by atoms with Crippen molar-refractivity contribution in [3.05, 3.63) is 54.1 Å². The van der Waals surface area contributed by atoms with Crippen molar-refractivity contribution in [1.29, 1.82) is 0 Å². The zero-order chi connectivity index (χ0) is 22.0. The maximum Gasteiger partial charge on any atom is 0.232 e. The van der Waals surface area contributed by atoms with Crippen LogP contribution in [0.25, 0.3) is 0 Å². The number of nitrogens with one attached hydrogen (secondary N) is 1. The summed E-state index contributed by atoms with van der Waals surface area (Å²) >= 11 is 0. The topological polar surface area (TPSA) is 84.9 Å². The number of hydrogen-bond donors (Lipinski definition) is 1. The molecule has 1 N–H and O–H groups in total. The van der Waals surface area contributed by atoms with E-state index < -0.39 is 10.0 Å². The summed E-state index contributed by atoms with van der Waals surface area (Å²) in [5.74, 6) is 1.31. The van der Waals surface area contributed by atoms with Crippen LogP contribution in [0.15, 0.2) is 48.5 Å². The lowest BCUT2D eigenvalue weighted by Crippen LogP contribution is -2.32. The van der Waals surface area contributed by atoms with Crippen LogP contribution in [0.2, 0.25) is 0 Å².